The Labute approximate surface area is 125 Å². The third-order valence-corrected chi connectivity index (χ3v) is 5.13. The largest absolute Gasteiger partial charge is 0.483 e. The molecule has 1 unspecified atom stereocenters. The van der Waals surface area contributed by atoms with E-state index >= 15 is 0 Å². The van der Waals surface area contributed by atoms with Gasteiger partial charge >= 0.3 is 0 Å². The van der Waals surface area contributed by atoms with Gasteiger partial charge in [-0.05, 0) is 22.4 Å². The third-order valence-electron chi connectivity index (χ3n) is 4.21. The van der Waals surface area contributed by atoms with Gasteiger partial charge in [0.25, 0.3) is 0 Å². The van der Waals surface area contributed by atoms with Crippen molar-refractivity contribution in [1.29, 1.82) is 0 Å². The molecule has 0 saturated heterocycles. The van der Waals surface area contributed by atoms with Gasteiger partial charge < -0.3 is 4.74 Å². The van der Waals surface area contributed by atoms with Crippen LogP contribution < -0.4 is 4.74 Å². The van der Waals surface area contributed by atoms with Crippen molar-refractivity contribution in [3.8, 4) is 5.75 Å². The van der Waals surface area contributed by atoms with Crippen LogP contribution in [0.15, 0.2) is 35.7 Å². The maximum Gasteiger partial charge on any atom is 0.142 e. The Morgan fingerprint density at radius 3 is 2.45 bits per heavy atom. The normalized spacial score (nSPS) is 20.6. The van der Waals surface area contributed by atoms with Gasteiger partial charge in [0.1, 0.15) is 11.9 Å². The first-order valence-electron chi connectivity index (χ1n) is 7.16. The van der Waals surface area contributed by atoms with Crippen molar-refractivity contribution in [1.82, 2.24) is 0 Å². The second kappa shape index (κ2) is 4.36. The van der Waals surface area contributed by atoms with Crippen molar-refractivity contribution in [3.63, 3.8) is 0 Å². The van der Waals surface area contributed by atoms with Crippen LogP contribution in [0.3, 0.4) is 0 Å². The summed E-state index contributed by atoms with van der Waals surface area (Å²) in [5.41, 5.74) is 2.76. The number of benzene rings is 1. The number of fused-ring (bicyclic) bond motifs is 1. The lowest BCUT2D eigenvalue weighted by atomic mass is 9.77. The highest BCUT2D eigenvalue weighted by molar-refractivity contribution is 7.10. The average molecular weight is 286 g/mol. The maximum atomic E-state index is 6.43. The Balaban J connectivity index is 2.14. The van der Waals surface area contributed by atoms with E-state index in [9.17, 15) is 0 Å². The molecule has 1 atom stereocenters. The highest BCUT2D eigenvalue weighted by Crippen LogP contribution is 2.53. The van der Waals surface area contributed by atoms with Crippen LogP contribution in [-0.4, -0.2) is 0 Å². The van der Waals surface area contributed by atoms with E-state index in [2.05, 4.69) is 70.3 Å². The zero-order valence-electron chi connectivity index (χ0n) is 12.9. The van der Waals surface area contributed by atoms with Crippen molar-refractivity contribution in [2.75, 3.05) is 0 Å². The summed E-state index contributed by atoms with van der Waals surface area (Å²) in [5, 5.41) is 2.13. The predicted octanol–water partition coefficient (Wildman–Crippen LogP) is 5.46. The first-order chi connectivity index (χ1) is 9.32. The Bertz CT molecular complexity index is 617. The lowest BCUT2D eigenvalue weighted by molar-refractivity contribution is 0.170. The van der Waals surface area contributed by atoms with E-state index in [1.165, 1.54) is 16.0 Å². The summed E-state index contributed by atoms with van der Waals surface area (Å²) in [5.74, 6) is 1.10. The van der Waals surface area contributed by atoms with Gasteiger partial charge in [-0.15, -0.1) is 11.3 Å². The topological polar surface area (TPSA) is 9.23 Å². The van der Waals surface area contributed by atoms with Gasteiger partial charge in [0.2, 0.25) is 0 Å². The number of hydrogen-bond acceptors (Lipinski definition) is 2. The lowest BCUT2D eigenvalue weighted by Crippen LogP contribution is -2.23. The van der Waals surface area contributed by atoms with E-state index in [0.29, 0.717) is 0 Å². The van der Waals surface area contributed by atoms with E-state index in [1.54, 1.807) is 11.3 Å². The molecule has 0 saturated carbocycles. The second-order valence-electron chi connectivity index (χ2n) is 7.17. The zero-order chi connectivity index (χ0) is 14.5. The SMILES string of the molecule is CC(C)(C)c1cccc2c1OC(c1cccs1)C2(C)C. The fourth-order valence-electron chi connectivity index (χ4n) is 3.02. The quantitative estimate of drug-likeness (QED) is 0.676. The fraction of sp³-hybridized carbons (Fsp3) is 0.444. The summed E-state index contributed by atoms with van der Waals surface area (Å²) >= 11 is 1.78. The number of para-hydroxylation sites is 1. The van der Waals surface area contributed by atoms with Crippen LogP contribution in [0.25, 0.3) is 0 Å². The van der Waals surface area contributed by atoms with Crippen LogP contribution in [0.5, 0.6) is 5.75 Å². The van der Waals surface area contributed by atoms with E-state index < -0.39 is 0 Å². The molecule has 0 radical (unpaired) electrons. The monoisotopic (exact) mass is 286 g/mol. The molecule has 0 spiro atoms. The molecule has 0 aliphatic carbocycles. The minimum absolute atomic E-state index is 0.0153. The molecule has 1 aliphatic rings. The number of thiophene rings is 1. The molecule has 3 rings (SSSR count). The predicted molar refractivity (Wildman–Crippen MR) is 85.9 cm³/mol. The molecule has 1 aromatic carbocycles. The summed E-state index contributed by atoms with van der Waals surface area (Å²) in [7, 11) is 0. The van der Waals surface area contributed by atoms with Gasteiger partial charge in [0, 0.05) is 15.9 Å². The molecule has 20 heavy (non-hydrogen) atoms. The van der Waals surface area contributed by atoms with Crippen LogP contribution in [0.4, 0.5) is 0 Å². The van der Waals surface area contributed by atoms with Gasteiger partial charge in [-0.2, -0.15) is 0 Å². The summed E-state index contributed by atoms with van der Waals surface area (Å²) in [6.45, 7) is 11.3. The van der Waals surface area contributed by atoms with Gasteiger partial charge in [0.05, 0.1) is 0 Å². The third kappa shape index (κ3) is 1.98. The summed E-state index contributed by atoms with van der Waals surface area (Å²) in [6, 6.07) is 10.9. The standard InChI is InChI=1S/C18H22OS/c1-17(2,3)12-8-6-9-13-15(12)19-16(18(13,4)5)14-10-7-11-20-14/h6-11,16H,1-5H3. The molecule has 2 heterocycles. The van der Waals surface area contributed by atoms with E-state index in [-0.39, 0.29) is 16.9 Å². The van der Waals surface area contributed by atoms with Gasteiger partial charge in [0.15, 0.2) is 0 Å². The van der Waals surface area contributed by atoms with E-state index in [0.717, 1.165) is 5.75 Å². The van der Waals surface area contributed by atoms with Gasteiger partial charge in [-0.25, -0.2) is 0 Å². The molecule has 1 nitrogen and oxygen atoms in total. The molecular weight excluding hydrogens is 264 g/mol. The highest BCUT2D eigenvalue weighted by atomic mass is 32.1. The van der Waals surface area contributed by atoms with Crippen molar-refractivity contribution >= 4 is 11.3 Å². The molecule has 1 aromatic heterocycles. The zero-order valence-corrected chi connectivity index (χ0v) is 13.7. The lowest BCUT2D eigenvalue weighted by Gasteiger charge is -2.24. The Morgan fingerprint density at radius 1 is 1.10 bits per heavy atom. The van der Waals surface area contributed by atoms with Crippen molar-refractivity contribution in [2.24, 2.45) is 0 Å². The molecule has 0 fully saturated rings. The minimum atomic E-state index is 0.0153. The fourth-order valence-corrected chi connectivity index (χ4v) is 3.96. The first kappa shape index (κ1) is 13.7. The number of hydrogen-bond donors (Lipinski definition) is 0. The van der Waals surface area contributed by atoms with Crippen LogP contribution in [0.2, 0.25) is 0 Å². The molecule has 2 aromatic rings. The molecule has 2 heteroatoms. The molecule has 1 aliphatic heterocycles. The smallest absolute Gasteiger partial charge is 0.142 e. The van der Waals surface area contributed by atoms with E-state index in [1.807, 2.05) is 0 Å². The Kier molecular flexibility index (Phi) is 2.98. The van der Waals surface area contributed by atoms with Crippen LogP contribution in [0, 0.1) is 0 Å². The van der Waals surface area contributed by atoms with E-state index in [4.69, 9.17) is 4.74 Å². The van der Waals surface area contributed by atoms with Crippen molar-refractivity contribution in [3.05, 3.63) is 51.7 Å². The summed E-state index contributed by atoms with van der Waals surface area (Å²) in [4.78, 5) is 1.31. The summed E-state index contributed by atoms with van der Waals surface area (Å²) in [6.07, 6.45) is 0.126. The van der Waals surface area contributed by atoms with Crippen molar-refractivity contribution in [2.45, 2.75) is 51.6 Å². The number of ether oxygens (including phenoxy) is 1. The molecular formula is C18H22OS. The van der Waals surface area contributed by atoms with Crippen molar-refractivity contribution < 1.29 is 4.74 Å². The second-order valence-corrected chi connectivity index (χ2v) is 8.15. The Morgan fingerprint density at radius 2 is 1.85 bits per heavy atom. The summed E-state index contributed by atoms with van der Waals surface area (Å²) < 4.78 is 6.43. The average Bonchev–Trinajstić information content (AvgIpc) is 2.94. The molecule has 106 valence electrons. The molecule has 0 bridgehead atoms. The molecule has 0 N–H and O–H groups in total. The van der Waals surface area contributed by atoms with Crippen LogP contribution in [-0.2, 0) is 10.8 Å². The number of rotatable bonds is 1. The highest BCUT2D eigenvalue weighted by Gasteiger charge is 2.44. The van der Waals surface area contributed by atoms with Crippen LogP contribution in [0.1, 0.15) is 56.7 Å². The van der Waals surface area contributed by atoms with Gasteiger partial charge in [-0.1, -0.05) is 58.9 Å². The maximum absolute atomic E-state index is 6.43. The van der Waals surface area contributed by atoms with Crippen LogP contribution >= 0.6 is 11.3 Å². The first-order valence-corrected chi connectivity index (χ1v) is 8.04. The Hall–Kier alpha value is -1.28. The minimum Gasteiger partial charge on any atom is -0.483 e. The molecule has 0 amide bonds. The van der Waals surface area contributed by atoms with Gasteiger partial charge in [-0.3, -0.25) is 0 Å².